The summed E-state index contributed by atoms with van der Waals surface area (Å²) < 4.78 is 0. The molecule has 1 saturated carbocycles. The van der Waals surface area contributed by atoms with Gasteiger partial charge in [-0.05, 0) is 38.2 Å². The zero-order chi connectivity index (χ0) is 12.3. The molecule has 0 aliphatic heterocycles. The van der Waals surface area contributed by atoms with Crippen LogP contribution >= 0.6 is 0 Å². The molecule has 1 unspecified atom stereocenters. The number of hydrogen-bond donors (Lipinski definition) is 1. The molecule has 1 aromatic carbocycles. The van der Waals surface area contributed by atoms with Crippen molar-refractivity contribution in [3.8, 4) is 0 Å². The van der Waals surface area contributed by atoms with Crippen LogP contribution in [0.1, 0.15) is 61.3 Å². The molecule has 1 atom stereocenters. The van der Waals surface area contributed by atoms with Crippen LogP contribution < -0.4 is 0 Å². The van der Waals surface area contributed by atoms with E-state index in [-0.39, 0.29) is 6.10 Å². The highest BCUT2D eigenvalue weighted by molar-refractivity contribution is 5.29. The molecule has 0 heterocycles. The standard InChI is InChI=1S/C16H24O/c1-12-9-13(2)11-15(10-12)16(17)8-7-14-5-3-4-6-14/h9-11,14,16-17H,3-8H2,1-2H3. The van der Waals surface area contributed by atoms with Crippen LogP contribution in [0, 0.1) is 19.8 Å². The van der Waals surface area contributed by atoms with Crippen molar-refractivity contribution < 1.29 is 5.11 Å². The zero-order valence-electron chi connectivity index (χ0n) is 11.1. The van der Waals surface area contributed by atoms with Crippen LogP contribution in [0.25, 0.3) is 0 Å². The van der Waals surface area contributed by atoms with E-state index in [0.29, 0.717) is 0 Å². The minimum absolute atomic E-state index is 0.269. The molecule has 94 valence electrons. The van der Waals surface area contributed by atoms with Gasteiger partial charge in [0, 0.05) is 0 Å². The summed E-state index contributed by atoms with van der Waals surface area (Å²) in [5, 5.41) is 10.2. The smallest absolute Gasteiger partial charge is 0.0790 e. The van der Waals surface area contributed by atoms with Crippen molar-refractivity contribution >= 4 is 0 Å². The summed E-state index contributed by atoms with van der Waals surface area (Å²) in [4.78, 5) is 0. The summed E-state index contributed by atoms with van der Waals surface area (Å²) in [6.07, 6.45) is 7.38. The molecule has 1 aliphatic rings. The number of aryl methyl sites for hydroxylation is 2. The predicted molar refractivity (Wildman–Crippen MR) is 72.1 cm³/mol. The summed E-state index contributed by atoms with van der Waals surface area (Å²) in [6, 6.07) is 6.39. The van der Waals surface area contributed by atoms with Crippen molar-refractivity contribution in [2.75, 3.05) is 0 Å². The van der Waals surface area contributed by atoms with Crippen LogP contribution in [0.4, 0.5) is 0 Å². The molecule has 1 aromatic rings. The highest BCUT2D eigenvalue weighted by Gasteiger charge is 2.17. The first kappa shape index (κ1) is 12.6. The highest BCUT2D eigenvalue weighted by atomic mass is 16.3. The van der Waals surface area contributed by atoms with Gasteiger partial charge in [0.25, 0.3) is 0 Å². The van der Waals surface area contributed by atoms with E-state index >= 15 is 0 Å². The highest BCUT2D eigenvalue weighted by Crippen LogP contribution is 2.31. The lowest BCUT2D eigenvalue weighted by Gasteiger charge is -2.15. The van der Waals surface area contributed by atoms with Crippen LogP contribution in [-0.2, 0) is 0 Å². The van der Waals surface area contributed by atoms with Gasteiger partial charge in [-0.2, -0.15) is 0 Å². The monoisotopic (exact) mass is 232 g/mol. The topological polar surface area (TPSA) is 20.2 Å². The van der Waals surface area contributed by atoms with E-state index < -0.39 is 0 Å². The van der Waals surface area contributed by atoms with Crippen molar-refractivity contribution in [2.24, 2.45) is 5.92 Å². The Morgan fingerprint density at radius 1 is 1.12 bits per heavy atom. The second-order valence-electron chi connectivity index (χ2n) is 5.66. The van der Waals surface area contributed by atoms with Gasteiger partial charge in [0.05, 0.1) is 6.10 Å². The first-order valence-electron chi connectivity index (χ1n) is 6.91. The van der Waals surface area contributed by atoms with E-state index in [1.807, 2.05) is 0 Å². The van der Waals surface area contributed by atoms with E-state index in [1.165, 1.54) is 43.2 Å². The van der Waals surface area contributed by atoms with Gasteiger partial charge in [0.1, 0.15) is 0 Å². The third-order valence-electron chi connectivity index (χ3n) is 3.95. The largest absolute Gasteiger partial charge is 0.388 e. The lowest BCUT2D eigenvalue weighted by Crippen LogP contribution is -2.02. The lowest BCUT2D eigenvalue weighted by molar-refractivity contribution is 0.157. The molecule has 1 aliphatic carbocycles. The molecule has 2 rings (SSSR count). The average Bonchev–Trinajstić information content (AvgIpc) is 2.77. The molecular formula is C16H24O. The van der Waals surface area contributed by atoms with Crippen LogP contribution in [0.3, 0.4) is 0 Å². The Labute approximate surface area is 105 Å². The fourth-order valence-electron chi connectivity index (χ4n) is 3.06. The number of aliphatic hydroxyl groups is 1. The summed E-state index contributed by atoms with van der Waals surface area (Å²) in [6.45, 7) is 4.19. The van der Waals surface area contributed by atoms with Gasteiger partial charge in [0.2, 0.25) is 0 Å². The average molecular weight is 232 g/mol. The fourth-order valence-corrected chi connectivity index (χ4v) is 3.06. The molecule has 0 saturated heterocycles. The van der Waals surface area contributed by atoms with Crippen molar-refractivity contribution in [3.63, 3.8) is 0 Å². The summed E-state index contributed by atoms with van der Waals surface area (Å²) in [7, 11) is 0. The molecular weight excluding hydrogens is 208 g/mol. The Morgan fingerprint density at radius 3 is 2.29 bits per heavy atom. The number of rotatable bonds is 4. The van der Waals surface area contributed by atoms with Crippen LogP contribution in [0.5, 0.6) is 0 Å². The molecule has 1 N–H and O–H groups in total. The molecule has 0 amide bonds. The third kappa shape index (κ3) is 3.57. The van der Waals surface area contributed by atoms with Gasteiger partial charge in [-0.1, -0.05) is 55.0 Å². The van der Waals surface area contributed by atoms with Crippen molar-refractivity contribution in [3.05, 3.63) is 34.9 Å². The first-order chi connectivity index (χ1) is 8.15. The molecule has 1 fully saturated rings. The number of benzene rings is 1. The van der Waals surface area contributed by atoms with Gasteiger partial charge in [-0.25, -0.2) is 0 Å². The van der Waals surface area contributed by atoms with Gasteiger partial charge in [-0.15, -0.1) is 0 Å². The quantitative estimate of drug-likeness (QED) is 0.820. The SMILES string of the molecule is Cc1cc(C)cc(C(O)CCC2CCCC2)c1. The van der Waals surface area contributed by atoms with Gasteiger partial charge in [-0.3, -0.25) is 0 Å². The molecule has 0 bridgehead atoms. The molecule has 0 spiro atoms. The van der Waals surface area contributed by atoms with Crippen molar-refractivity contribution in [2.45, 2.75) is 58.5 Å². The number of aliphatic hydroxyl groups excluding tert-OH is 1. The van der Waals surface area contributed by atoms with Gasteiger partial charge >= 0.3 is 0 Å². The van der Waals surface area contributed by atoms with E-state index in [1.54, 1.807) is 0 Å². The molecule has 17 heavy (non-hydrogen) atoms. The minimum atomic E-state index is -0.269. The minimum Gasteiger partial charge on any atom is -0.388 e. The second-order valence-corrected chi connectivity index (χ2v) is 5.66. The molecule has 1 heteroatoms. The van der Waals surface area contributed by atoms with Gasteiger partial charge in [0.15, 0.2) is 0 Å². The summed E-state index contributed by atoms with van der Waals surface area (Å²) in [5.74, 6) is 0.871. The maximum absolute atomic E-state index is 10.2. The summed E-state index contributed by atoms with van der Waals surface area (Å²) in [5.41, 5.74) is 3.60. The van der Waals surface area contributed by atoms with Crippen LogP contribution in [0.2, 0.25) is 0 Å². The van der Waals surface area contributed by atoms with Crippen molar-refractivity contribution in [1.82, 2.24) is 0 Å². The van der Waals surface area contributed by atoms with Crippen LogP contribution in [-0.4, -0.2) is 5.11 Å². The summed E-state index contributed by atoms with van der Waals surface area (Å²) >= 11 is 0. The van der Waals surface area contributed by atoms with Crippen molar-refractivity contribution in [1.29, 1.82) is 0 Å². The Bertz CT molecular complexity index is 344. The molecule has 0 aromatic heterocycles. The van der Waals surface area contributed by atoms with E-state index in [0.717, 1.165) is 17.9 Å². The fraction of sp³-hybridized carbons (Fsp3) is 0.625. The maximum Gasteiger partial charge on any atom is 0.0790 e. The van der Waals surface area contributed by atoms with E-state index in [9.17, 15) is 5.11 Å². The van der Waals surface area contributed by atoms with E-state index in [2.05, 4.69) is 32.0 Å². The Hall–Kier alpha value is -0.820. The Morgan fingerprint density at radius 2 is 1.71 bits per heavy atom. The van der Waals surface area contributed by atoms with Gasteiger partial charge < -0.3 is 5.11 Å². The molecule has 1 nitrogen and oxygen atoms in total. The predicted octanol–water partition coefficient (Wildman–Crippen LogP) is 4.31. The Balaban J connectivity index is 1.91. The zero-order valence-corrected chi connectivity index (χ0v) is 11.1. The second kappa shape index (κ2) is 5.68. The van der Waals surface area contributed by atoms with E-state index in [4.69, 9.17) is 0 Å². The normalized spacial score (nSPS) is 18.5. The Kier molecular flexibility index (Phi) is 4.22. The third-order valence-corrected chi connectivity index (χ3v) is 3.95. The molecule has 0 radical (unpaired) electrons. The maximum atomic E-state index is 10.2. The number of hydrogen-bond acceptors (Lipinski definition) is 1. The lowest BCUT2D eigenvalue weighted by atomic mass is 9.95. The van der Waals surface area contributed by atoms with Crippen LogP contribution in [0.15, 0.2) is 18.2 Å². The first-order valence-corrected chi connectivity index (χ1v) is 6.91.